The molecule has 1 fully saturated rings. The van der Waals surface area contributed by atoms with Crippen LogP contribution in [-0.2, 0) is 17.9 Å². The molecule has 0 radical (unpaired) electrons. The molecule has 0 spiro atoms. The standard InChI is InChI=1S/C28H23N5O3/c29-14-21-10-9-20-13-27(21)36-26-8-4-3-7-25(26)35-24-6-2-1-5-23(24)33-12-11-31(18-28(33)34)17-22-15-30-19-32(22)16-20/h1-10,13,15,19H,11-12,16-18H2. The third-order valence-electron chi connectivity index (χ3n) is 6.45. The second-order valence-electron chi connectivity index (χ2n) is 8.83. The molecule has 4 aromatic rings. The summed E-state index contributed by atoms with van der Waals surface area (Å²) >= 11 is 0. The number of ether oxygens (including phenoxy) is 2. The Morgan fingerprint density at radius 1 is 0.833 bits per heavy atom. The van der Waals surface area contributed by atoms with E-state index in [1.54, 1.807) is 23.4 Å². The van der Waals surface area contributed by atoms with Crippen molar-refractivity contribution in [3.8, 4) is 29.1 Å². The number of nitrogens with zero attached hydrogens (tertiary/aromatic N) is 5. The van der Waals surface area contributed by atoms with Crippen molar-refractivity contribution in [1.29, 1.82) is 5.26 Å². The van der Waals surface area contributed by atoms with E-state index < -0.39 is 0 Å². The van der Waals surface area contributed by atoms with Gasteiger partial charge < -0.3 is 18.9 Å². The summed E-state index contributed by atoms with van der Waals surface area (Å²) in [5, 5.41) is 9.71. The first-order valence-corrected chi connectivity index (χ1v) is 11.8. The molecule has 3 aliphatic heterocycles. The van der Waals surface area contributed by atoms with E-state index in [2.05, 4.69) is 20.5 Å². The number of hydrogen-bond donors (Lipinski definition) is 0. The molecule has 8 heteroatoms. The number of para-hydroxylation sites is 4. The van der Waals surface area contributed by atoms with E-state index in [9.17, 15) is 10.1 Å². The molecule has 1 aromatic heterocycles. The van der Waals surface area contributed by atoms with Crippen LogP contribution in [0, 0.1) is 11.3 Å². The molecule has 7 rings (SSSR count). The maximum absolute atomic E-state index is 13.2. The fourth-order valence-corrected chi connectivity index (χ4v) is 4.62. The first kappa shape index (κ1) is 21.9. The lowest BCUT2D eigenvalue weighted by molar-refractivity contribution is -0.121. The molecule has 1 amide bonds. The topological polar surface area (TPSA) is 83.6 Å². The van der Waals surface area contributed by atoms with Gasteiger partial charge in [0.2, 0.25) is 5.91 Å². The second-order valence-corrected chi connectivity index (χ2v) is 8.83. The van der Waals surface area contributed by atoms with Crippen LogP contribution in [0.1, 0.15) is 16.8 Å². The first-order chi connectivity index (χ1) is 17.7. The van der Waals surface area contributed by atoms with Crippen LogP contribution in [0.25, 0.3) is 0 Å². The van der Waals surface area contributed by atoms with Crippen molar-refractivity contribution in [3.05, 3.63) is 96.1 Å². The van der Waals surface area contributed by atoms with Gasteiger partial charge >= 0.3 is 0 Å². The van der Waals surface area contributed by atoms with E-state index in [1.165, 1.54) is 0 Å². The maximum Gasteiger partial charge on any atom is 0.241 e. The Bertz CT molecular complexity index is 1490. The Balaban J connectivity index is 1.48. The van der Waals surface area contributed by atoms with Crippen LogP contribution in [0.3, 0.4) is 0 Å². The van der Waals surface area contributed by atoms with Crippen molar-refractivity contribution >= 4 is 11.6 Å². The van der Waals surface area contributed by atoms with E-state index in [0.29, 0.717) is 60.4 Å². The van der Waals surface area contributed by atoms with Gasteiger partial charge in [0, 0.05) is 32.4 Å². The highest BCUT2D eigenvalue weighted by atomic mass is 16.5. The van der Waals surface area contributed by atoms with Crippen molar-refractivity contribution in [2.45, 2.75) is 13.1 Å². The number of benzene rings is 3. The Morgan fingerprint density at radius 2 is 1.58 bits per heavy atom. The molecule has 1 saturated heterocycles. The van der Waals surface area contributed by atoms with Gasteiger partial charge in [0.25, 0.3) is 0 Å². The third-order valence-corrected chi connectivity index (χ3v) is 6.45. The molecule has 178 valence electrons. The van der Waals surface area contributed by atoms with Crippen molar-refractivity contribution < 1.29 is 14.3 Å². The number of rotatable bonds is 0. The van der Waals surface area contributed by atoms with Crippen LogP contribution >= 0.6 is 0 Å². The number of piperazine rings is 1. The lowest BCUT2D eigenvalue weighted by atomic mass is 10.1. The van der Waals surface area contributed by atoms with Crippen molar-refractivity contribution in [2.75, 3.05) is 24.5 Å². The van der Waals surface area contributed by atoms with Crippen LogP contribution in [-0.4, -0.2) is 40.0 Å². The van der Waals surface area contributed by atoms with Crippen molar-refractivity contribution in [1.82, 2.24) is 14.5 Å². The van der Waals surface area contributed by atoms with E-state index in [4.69, 9.17) is 9.47 Å². The van der Waals surface area contributed by atoms with Crippen LogP contribution in [0.4, 0.5) is 5.69 Å². The second kappa shape index (κ2) is 9.21. The summed E-state index contributed by atoms with van der Waals surface area (Å²) < 4.78 is 14.6. The molecule has 0 aliphatic carbocycles. The minimum Gasteiger partial charge on any atom is -0.452 e. The van der Waals surface area contributed by atoms with E-state index in [-0.39, 0.29) is 5.91 Å². The smallest absolute Gasteiger partial charge is 0.241 e. The summed E-state index contributed by atoms with van der Waals surface area (Å²) in [6, 6.07) is 22.6. The molecule has 3 aromatic carbocycles. The predicted octanol–water partition coefficient (Wildman–Crippen LogP) is 4.55. The number of carbonyl (C=O) groups is 1. The van der Waals surface area contributed by atoms with E-state index >= 15 is 0 Å². The largest absolute Gasteiger partial charge is 0.452 e. The van der Waals surface area contributed by atoms with E-state index in [1.807, 2.05) is 60.8 Å². The molecule has 0 saturated carbocycles. The Morgan fingerprint density at radius 3 is 2.36 bits per heavy atom. The van der Waals surface area contributed by atoms with Crippen molar-refractivity contribution in [3.63, 3.8) is 0 Å². The van der Waals surface area contributed by atoms with Crippen LogP contribution in [0.5, 0.6) is 23.0 Å². The van der Waals surface area contributed by atoms with Gasteiger partial charge in [-0.3, -0.25) is 9.69 Å². The molecule has 4 bridgehead atoms. The number of fused-ring (bicyclic) bond motifs is 2. The van der Waals surface area contributed by atoms with Crippen molar-refractivity contribution in [2.24, 2.45) is 0 Å². The summed E-state index contributed by atoms with van der Waals surface area (Å²) in [5.41, 5.74) is 3.13. The molecule has 0 N–H and O–H groups in total. The Labute approximate surface area is 208 Å². The number of hydrogen-bond acceptors (Lipinski definition) is 6. The number of imidazole rings is 1. The minimum absolute atomic E-state index is 0.0162. The molecule has 8 nitrogen and oxygen atoms in total. The van der Waals surface area contributed by atoms with Gasteiger partial charge in [-0.15, -0.1) is 0 Å². The first-order valence-electron chi connectivity index (χ1n) is 11.8. The molecule has 4 heterocycles. The summed E-state index contributed by atoms with van der Waals surface area (Å²) in [4.78, 5) is 21.5. The molecule has 1 unspecified atom stereocenters. The van der Waals surface area contributed by atoms with Crippen LogP contribution in [0.2, 0.25) is 0 Å². The molecular weight excluding hydrogens is 454 g/mol. The van der Waals surface area contributed by atoms with Crippen LogP contribution in [0.15, 0.2) is 79.3 Å². The summed E-state index contributed by atoms with van der Waals surface area (Å²) in [7, 11) is 0. The zero-order valence-electron chi connectivity index (χ0n) is 19.5. The molecule has 3 aliphatic rings. The number of nitriles is 1. The number of carbonyl (C=O) groups excluding carboxylic acids is 1. The zero-order chi connectivity index (χ0) is 24.5. The molecule has 36 heavy (non-hydrogen) atoms. The van der Waals surface area contributed by atoms with Gasteiger partial charge in [-0.2, -0.15) is 5.26 Å². The molecule has 1 atom stereocenters. The maximum atomic E-state index is 13.2. The number of anilines is 1. The normalized spacial score (nSPS) is 17.0. The average molecular weight is 478 g/mol. The summed E-state index contributed by atoms with van der Waals surface area (Å²) in [6.07, 6.45) is 3.63. The number of aromatic nitrogens is 2. The average Bonchev–Trinajstić information content (AvgIpc) is 3.32. The SMILES string of the molecule is N#Cc1ccc2cc1Oc1ccccc1Oc1ccccc1N1CCN(CC1=O)Cc1cncn1C2. The van der Waals surface area contributed by atoms with Gasteiger partial charge in [-0.25, -0.2) is 4.98 Å². The third kappa shape index (κ3) is 4.17. The zero-order valence-corrected chi connectivity index (χ0v) is 19.5. The fraction of sp³-hybridized carbons (Fsp3) is 0.179. The Hall–Kier alpha value is -4.61. The van der Waals surface area contributed by atoms with Gasteiger partial charge in [-0.05, 0) is 42.0 Å². The highest BCUT2D eigenvalue weighted by Gasteiger charge is 2.28. The summed E-state index contributed by atoms with van der Waals surface area (Å²) in [5.74, 6) is 2.00. The van der Waals surface area contributed by atoms with Crippen LogP contribution < -0.4 is 14.4 Å². The molecular formula is C28H23N5O3. The highest BCUT2D eigenvalue weighted by Crippen LogP contribution is 2.39. The fourth-order valence-electron chi connectivity index (χ4n) is 4.62. The lowest BCUT2D eigenvalue weighted by Gasteiger charge is -2.35. The monoisotopic (exact) mass is 477 g/mol. The lowest BCUT2D eigenvalue weighted by Crippen LogP contribution is -2.50. The van der Waals surface area contributed by atoms with Gasteiger partial charge in [0.1, 0.15) is 11.8 Å². The number of amides is 1. The minimum atomic E-state index is 0.0162. The van der Waals surface area contributed by atoms with Gasteiger partial charge in [-0.1, -0.05) is 30.3 Å². The summed E-state index contributed by atoms with van der Waals surface area (Å²) in [6.45, 7) is 2.77. The van der Waals surface area contributed by atoms with Gasteiger partial charge in [0.05, 0.1) is 29.8 Å². The van der Waals surface area contributed by atoms with Gasteiger partial charge in [0.15, 0.2) is 17.2 Å². The quantitative estimate of drug-likeness (QED) is 0.370. The predicted molar refractivity (Wildman–Crippen MR) is 133 cm³/mol. The Kier molecular flexibility index (Phi) is 5.60. The highest BCUT2D eigenvalue weighted by molar-refractivity contribution is 5.97. The van der Waals surface area contributed by atoms with E-state index in [0.717, 1.165) is 17.8 Å².